The van der Waals surface area contributed by atoms with Gasteiger partial charge in [-0.05, 0) is 88.0 Å². The lowest BCUT2D eigenvalue weighted by Gasteiger charge is -2.44. The number of nitrogens with one attached hydrogen (secondary N) is 1. The second-order valence-corrected chi connectivity index (χ2v) is 9.31. The van der Waals surface area contributed by atoms with Crippen LogP contribution in [0.3, 0.4) is 0 Å². The van der Waals surface area contributed by atoms with Crippen LogP contribution in [0.2, 0.25) is 0 Å². The Morgan fingerprint density at radius 3 is 2.41 bits per heavy atom. The molecule has 2 aliphatic rings. The van der Waals surface area contributed by atoms with Crippen LogP contribution in [-0.2, 0) is 16.6 Å². The van der Waals surface area contributed by atoms with Gasteiger partial charge in [-0.1, -0.05) is 26.3 Å². The molecule has 0 radical (unpaired) electrons. The van der Waals surface area contributed by atoms with Crippen LogP contribution in [0.4, 0.5) is 8.78 Å². The molecule has 3 nitrogen and oxygen atoms in total. The molecule has 5 heteroatoms. The second kappa shape index (κ2) is 10.6. The number of aryl methyl sites for hydroxylation is 1. The topological polar surface area (TPSA) is 32.3 Å². The Bertz CT molecular complexity index is 895. The summed E-state index contributed by atoms with van der Waals surface area (Å²) >= 11 is 0. The molecule has 0 aromatic heterocycles. The Morgan fingerprint density at radius 2 is 1.81 bits per heavy atom. The number of rotatable bonds is 7. The van der Waals surface area contributed by atoms with Gasteiger partial charge in [0.25, 0.3) is 5.91 Å². The van der Waals surface area contributed by atoms with Gasteiger partial charge < -0.3 is 10.2 Å². The van der Waals surface area contributed by atoms with E-state index in [1.165, 1.54) is 11.6 Å². The summed E-state index contributed by atoms with van der Waals surface area (Å²) in [6.07, 6.45) is 9.95. The molecule has 1 aromatic rings. The maximum absolute atomic E-state index is 15.0. The smallest absolute Gasteiger partial charge is 0.252 e. The number of benzene rings is 1. The number of allylic oxidation sites excluding steroid dienone is 2. The summed E-state index contributed by atoms with van der Waals surface area (Å²) in [5.74, 6) is -0.0417. The lowest BCUT2D eigenvalue weighted by Crippen LogP contribution is -2.46. The number of hydrogen-bond acceptors (Lipinski definition) is 2. The number of amides is 1. The average molecular weight is 445 g/mol. The van der Waals surface area contributed by atoms with E-state index in [2.05, 4.69) is 37.1 Å². The molecule has 1 aliphatic carbocycles. The van der Waals surface area contributed by atoms with Gasteiger partial charge in [0.2, 0.25) is 0 Å². The molecule has 1 heterocycles. The molecule has 0 bridgehead atoms. The van der Waals surface area contributed by atoms with Crippen molar-refractivity contribution in [2.75, 3.05) is 13.1 Å². The Morgan fingerprint density at radius 1 is 1.12 bits per heavy atom. The zero-order chi connectivity index (χ0) is 23.3. The van der Waals surface area contributed by atoms with Crippen molar-refractivity contribution in [3.8, 4) is 0 Å². The minimum absolute atomic E-state index is 0.0204. The first kappa shape index (κ1) is 24.5. The van der Waals surface area contributed by atoms with E-state index in [0.29, 0.717) is 12.0 Å². The fourth-order valence-electron chi connectivity index (χ4n) is 5.46. The number of nitrogens with zero attached hydrogens (tertiary/aromatic N) is 1. The van der Waals surface area contributed by atoms with Crippen LogP contribution in [0.15, 0.2) is 35.2 Å². The molecule has 0 atom stereocenters. The molecule has 1 fully saturated rings. The summed E-state index contributed by atoms with van der Waals surface area (Å²) < 4.78 is 28.8. The normalized spacial score (nSPS) is 19.3. The molecular weight excluding hydrogens is 406 g/mol. The Balaban J connectivity index is 1.79. The molecule has 0 unspecified atom stereocenters. The highest BCUT2D eigenvalue weighted by Crippen LogP contribution is 2.42. The Hall–Kier alpha value is -2.17. The Kier molecular flexibility index (Phi) is 8.13. The highest BCUT2D eigenvalue weighted by Gasteiger charge is 2.39. The van der Waals surface area contributed by atoms with Crippen molar-refractivity contribution in [1.82, 2.24) is 10.2 Å². The van der Waals surface area contributed by atoms with Gasteiger partial charge >= 0.3 is 0 Å². The minimum Gasteiger partial charge on any atom is -0.358 e. The average Bonchev–Trinajstić information content (AvgIpc) is 2.78. The number of piperidine rings is 1. The van der Waals surface area contributed by atoms with Crippen molar-refractivity contribution in [1.29, 1.82) is 0 Å². The first-order chi connectivity index (χ1) is 15.3. The van der Waals surface area contributed by atoms with E-state index in [1.54, 1.807) is 0 Å². The molecule has 1 N–H and O–H groups in total. The summed E-state index contributed by atoms with van der Waals surface area (Å²) in [6, 6.07) is 2.52. The second-order valence-electron chi connectivity index (χ2n) is 9.31. The van der Waals surface area contributed by atoms with Gasteiger partial charge in [0.1, 0.15) is 17.5 Å². The number of hydrogen-bond donors (Lipinski definition) is 1. The van der Waals surface area contributed by atoms with Gasteiger partial charge in [0.05, 0.1) is 0 Å². The van der Waals surface area contributed by atoms with Crippen molar-refractivity contribution in [3.05, 3.63) is 57.9 Å². The van der Waals surface area contributed by atoms with Crippen LogP contribution in [0.1, 0.15) is 90.2 Å². The van der Waals surface area contributed by atoms with Crippen LogP contribution in [0.5, 0.6) is 0 Å². The van der Waals surface area contributed by atoms with E-state index in [0.717, 1.165) is 87.5 Å². The summed E-state index contributed by atoms with van der Waals surface area (Å²) in [5.41, 5.74) is 3.29. The summed E-state index contributed by atoms with van der Waals surface area (Å²) in [4.78, 5) is 15.2. The highest BCUT2D eigenvalue weighted by molar-refractivity contribution is 5.95. The third kappa shape index (κ3) is 5.07. The monoisotopic (exact) mass is 444 g/mol. The van der Waals surface area contributed by atoms with Crippen LogP contribution in [0.25, 0.3) is 0 Å². The zero-order valence-electron chi connectivity index (χ0n) is 20.1. The van der Waals surface area contributed by atoms with Crippen LogP contribution in [0, 0.1) is 11.6 Å². The van der Waals surface area contributed by atoms with E-state index < -0.39 is 11.6 Å². The quantitative estimate of drug-likeness (QED) is 0.519. The van der Waals surface area contributed by atoms with Crippen LogP contribution in [-0.4, -0.2) is 23.9 Å². The number of carbonyl (C=O) groups excluding carboxylic acids is 1. The van der Waals surface area contributed by atoms with Gasteiger partial charge in [-0.15, -0.1) is 0 Å². The molecule has 1 amide bonds. The number of carbonyl (C=O) groups is 1. The third-order valence-electron chi connectivity index (χ3n) is 7.44. The van der Waals surface area contributed by atoms with E-state index in [4.69, 9.17) is 0 Å². The van der Waals surface area contributed by atoms with Crippen molar-refractivity contribution >= 4 is 5.91 Å². The van der Waals surface area contributed by atoms with E-state index >= 15 is 0 Å². The maximum Gasteiger partial charge on any atom is 0.252 e. The maximum atomic E-state index is 15.0. The van der Waals surface area contributed by atoms with Gasteiger partial charge in [0.15, 0.2) is 0 Å². The van der Waals surface area contributed by atoms with Gasteiger partial charge in [0, 0.05) is 30.1 Å². The lowest BCUT2D eigenvalue weighted by molar-refractivity contribution is -0.117. The summed E-state index contributed by atoms with van der Waals surface area (Å²) in [5, 5.41) is 3.18. The van der Waals surface area contributed by atoms with Crippen LogP contribution >= 0.6 is 0 Å². The molecule has 1 aliphatic heterocycles. The molecule has 176 valence electrons. The molecular formula is C27H38F2N2O. The fourth-order valence-corrected chi connectivity index (χ4v) is 5.46. The minimum atomic E-state index is -0.505. The molecule has 3 rings (SSSR count). The number of halogens is 2. The highest BCUT2D eigenvalue weighted by atomic mass is 19.1. The van der Waals surface area contributed by atoms with Crippen molar-refractivity contribution in [2.45, 2.75) is 90.9 Å². The first-order valence-corrected chi connectivity index (χ1v) is 12.3. The predicted molar refractivity (Wildman–Crippen MR) is 126 cm³/mol. The predicted octanol–water partition coefficient (Wildman–Crippen LogP) is 6.53. The largest absolute Gasteiger partial charge is 0.358 e. The molecule has 1 saturated heterocycles. The standard InChI is InChI=1S/C27H38F2N2O/c1-5-10-24(30-26(32)22-12-9-8-11-19(22)4)31-15-13-27(7-3,14-16-31)25-20(6-2)17-21(28)18-23(25)29/h10,17-18H,5-9,11-16H2,1-4H3,(H,30,32)/b24-10-. The zero-order valence-corrected chi connectivity index (χ0v) is 20.1. The van der Waals surface area contributed by atoms with Crippen LogP contribution < -0.4 is 5.32 Å². The van der Waals surface area contributed by atoms with Crippen molar-refractivity contribution in [2.24, 2.45) is 0 Å². The number of likely N-dealkylation sites (tertiary alicyclic amines) is 1. The third-order valence-corrected chi connectivity index (χ3v) is 7.44. The van der Waals surface area contributed by atoms with E-state index in [1.807, 2.05) is 6.92 Å². The molecule has 32 heavy (non-hydrogen) atoms. The molecule has 0 spiro atoms. The van der Waals surface area contributed by atoms with Gasteiger partial charge in [-0.25, -0.2) is 8.78 Å². The van der Waals surface area contributed by atoms with Gasteiger partial charge in [-0.3, -0.25) is 4.79 Å². The Labute approximate surface area is 192 Å². The van der Waals surface area contributed by atoms with E-state index in [9.17, 15) is 13.6 Å². The van der Waals surface area contributed by atoms with Crippen molar-refractivity contribution < 1.29 is 13.6 Å². The van der Waals surface area contributed by atoms with Gasteiger partial charge in [-0.2, -0.15) is 0 Å². The van der Waals surface area contributed by atoms with Crippen molar-refractivity contribution in [3.63, 3.8) is 0 Å². The lowest BCUT2D eigenvalue weighted by atomic mass is 9.69. The SMILES string of the molecule is CC/C=C(/NC(=O)C1=C(C)CCCC1)N1CCC(CC)(c2c(F)cc(F)cc2CC)CC1. The summed E-state index contributed by atoms with van der Waals surface area (Å²) in [7, 11) is 0. The molecule has 0 saturated carbocycles. The van der Waals surface area contributed by atoms with E-state index in [-0.39, 0.29) is 11.3 Å². The summed E-state index contributed by atoms with van der Waals surface area (Å²) in [6.45, 7) is 9.65. The molecule has 1 aromatic carbocycles. The fraction of sp³-hybridized carbons (Fsp3) is 0.593. The first-order valence-electron chi connectivity index (χ1n) is 12.3.